The summed E-state index contributed by atoms with van der Waals surface area (Å²) in [4.78, 5) is 25.3. The van der Waals surface area contributed by atoms with Crippen molar-refractivity contribution in [2.75, 3.05) is 0 Å². The number of ketones is 2. The Morgan fingerprint density at radius 2 is 0.951 bits per heavy atom. The van der Waals surface area contributed by atoms with Crippen LogP contribution in [0.1, 0.15) is 70.9 Å². The van der Waals surface area contributed by atoms with Gasteiger partial charge in [-0.3, -0.25) is 9.59 Å². The van der Waals surface area contributed by atoms with E-state index in [1.165, 1.54) is 0 Å². The minimum atomic E-state index is -0.102. The smallest absolute Gasteiger partial charge is 0.156 e. The molecule has 4 aromatic rings. The van der Waals surface area contributed by atoms with Gasteiger partial charge in [0.2, 0.25) is 0 Å². The molecule has 0 bridgehead atoms. The summed E-state index contributed by atoms with van der Waals surface area (Å²) in [6.07, 6.45) is 6.17. The Kier molecular flexibility index (Phi) is 7.39. The lowest BCUT2D eigenvalue weighted by atomic mass is 9.79. The van der Waals surface area contributed by atoms with E-state index < -0.39 is 0 Å². The minimum Gasteiger partial charge on any atom is -0.508 e. The normalized spacial score (nSPS) is 19.0. The summed E-state index contributed by atoms with van der Waals surface area (Å²) in [6, 6.07) is 31.1. The molecule has 0 fully saturated rings. The SMILES string of the molecule is O=C1C=C(c2ccccc2)CC(c2cc(Cc3ccc(O)c(C4CC(=O)C=C(c5ccccc5)C4)c3)ccc2O)C1. The molecule has 4 nitrogen and oxygen atoms in total. The van der Waals surface area contributed by atoms with E-state index in [1.807, 2.05) is 84.9 Å². The summed E-state index contributed by atoms with van der Waals surface area (Å²) in [6.45, 7) is 0. The molecule has 0 radical (unpaired) electrons. The molecule has 0 heterocycles. The van der Waals surface area contributed by atoms with Crippen LogP contribution >= 0.6 is 0 Å². The van der Waals surface area contributed by atoms with E-state index in [9.17, 15) is 19.8 Å². The van der Waals surface area contributed by atoms with Gasteiger partial charge in [0.15, 0.2) is 11.6 Å². The Bertz CT molecular complexity index is 1540. The van der Waals surface area contributed by atoms with E-state index in [4.69, 9.17) is 0 Å². The molecule has 0 saturated heterocycles. The number of allylic oxidation sites excluding steroid dienone is 4. The lowest BCUT2D eigenvalue weighted by Crippen LogP contribution is -2.13. The molecule has 0 saturated carbocycles. The van der Waals surface area contributed by atoms with Crippen LogP contribution in [-0.4, -0.2) is 21.8 Å². The first-order chi connectivity index (χ1) is 19.9. The van der Waals surface area contributed by atoms with Gasteiger partial charge in [-0.15, -0.1) is 0 Å². The molecule has 4 aromatic carbocycles. The van der Waals surface area contributed by atoms with Crippen molar-refractivity contribution in [3.8, 4) is 11.5 Å². The number of hydrogen-bond donors (Lipinski definition) is 2. The average molecular weight is 541 g/mol. The van der Waals surface area contributed by atoms with Crippen molar-refractivity contribution < 1.29 is 19.8 Å². The van der Waals surface area contributed by atoms with Gasteiger partial charge in [-0.2, -0.15) is 0 Å². The number of phenolic OH excluding ortho intramolecular Hbond substituents is 2. The molecular formula is C37H32O4. The highest BCUT2D eigenvalue weighted by molar-refractivity contribution is 6.00. The zero-order valence-corrected chi connectivity index (χ0v) is 22.8. The molecule has 41 heavy (non-hydrogen) atoms. The van der Waals surface area contributed by atoms with Crippen molar-refractivity contribution in [1.29, 1.82) is 0 Å². The molecule has 2 aliphatic carbocycles. The van der Waals surface area contributed by atoms with Crippen LogP contribution in [0.5, 0.6) is 11.5 Å². The number of rotatable bonds is 6. The van der Waals surface area contributed by atoms with Crippen LogP contribution in [0.3, 0.4) is 0 Å². The van der Waals surface area contributed by atoms with Crippen LogP contribution in [0.15, 0.2) is 109 Å². The Hall–Kier alpha value is -4.70. The predicted molar refractivity (Wildman–Crippen MR) is 162 cm³/mol. The van der Waals surface area contributed by atoms with Crippen molar-refractivity contribution >= 4 is 22.7 Å². The minimum absolute atomic E-state index is 0.0685. The Labute approximate surface area is 240 Å². The maximum Gasteiger partial charge on any atom is 0.156 e. The molecule has 204 valence electrons. The number of carbonyl (C=O) groups excluding carboxylic acids is 2. The van der Waals surface area contributed by atoms with E-state index in [1.54, 1.807) is 24.3 Å². The van der Waals surface area contributed by atoms with Gasteiger partial charge in [0, 0.05) is 12.8 Å². The number of hydrogen-bond acceptors (Lipinski definition) is 4. The number of phenols is 2. The summed E-state index contributed by atoms with van der Waals surface area (Å²) in [5.41, 5.74) is 7.65. The van der Waals surface area contributed by atoms with E-state index >= 15 is 0 Å². The average Bonchev–Trinajstić information content (AvgIpc) is 2.99. The fourth-order valence-corrected chi connectivity index (χ4v) is 6.25. The second-order valence-electron chi connectivity index (χ2n) is 11.2. The fraction of sp³-hybridized carbons (Fsp3) is 0.189. The van der Waals surface area contributed by atoms with Gasteiger partial charge in [-0.25, -0.2) is 0 Å². The molecule has 0 spiro atoms. The Morgan fingerprint density at radius 1 is 0.537 bits per heavy atom. The maximum absolute atomic E-state index is 12.7. The molecule has 2 N–H and O–H groups in total. The van der Waals surface area contributed by atoms with Crippen molar-refractivity contribution in [2.45, 2.75) is 43.9 Å². The van der Waals surface area contributed by atoms with Crippen LogP contribution in [0.2, 0.25) is 0 Å². The fourth-order valence-electron chi connectivity index (χ4n) is 6.25. The summed E-state index contributed by atoms with van der Waals surface area (Å²) in [5, 5.41) is 21.6. The highest BCUT2D eigenvalue weighted by Crippen LogP contribution is 2.41. The van der Waals surface area contributed by atoms with Crippen LogP contribution in [0.25, 0.3) is 11.1 Å². The highest BCUT2D eigenvalue weighted by atomic mass is 16.3. The molecule has 2 unspecified atom stereocenters. The standard InChI is InChI=1S/C37H32O4/c38-32-20-28(26-7-3-1-4-8-26)18-30(22-32)34-16-24(11-13-36(34)40)15-25-12-14-37(41)35(17-25)31-19-29(21-33(39)23-31)27-9-5-2-6-10-27/h1-14,16-17,20-21,30-31,40-41H,15,18-19,22-23H2. The van der Waals surface area contributed by atoms with Gasteiger partial charge in [-0.05, 0) is 99.9 Å². The summed E-state index contributed by atoms with van der Waals surface area (Å²) >= 11 is 0. The molecule has 0 amide bonds. The first-order valence-electron chi connectivity index (χ1n) is 14.1. The molecule has 6 rings (SSSR count). The van der Waals surface area contributed by atoms with Gasteiger partial charge in [0.05, 0.1) is 0 Å². The van der Waals surface area contributed by atoms with Crippen molar-refractivity contribution in [1.82, 2.24) is 0 Å². The zero-order chi connectivity index (χ0) is 28.3. The van der Waals surface area contributed by atoms with Gasteiger partial charge in [0.1, 0.15) is 11.5 Å². The van der Waals surface area contributed by atoms with E-state index in [-0.39, 0.29) is 34.9 Å². The third-order valence-electron chi connectivity index (χ3n) is 8.26. The molecule has 2 aliphatic rings. The predicted octanol–water partition coefficient (Wildman–Crippen LogP) is 7.75. The molecule has 2 atom stereocenters. The lowest BCUT2D eigenvalue weighted by molar-refractivity contribution is -0.116. The monoisotopic (exact) mass is 540 g/mol. The van der Waals surface area contributed by atoms with Crippen LogP contribution < -0.4 is 0 Å². The van der Waals surface area contributed by atoms with Crippen LogP contribution in [-0.2, 0) is 16.0 Å². The third kappa shape index (κ3) is 5.92. The number of carbonyl (C=O) groups is 2. The van der Waals surface area contributed by atoms with E-state index in [0.717, 1.165) is 44.5 Å². The molecular weight excluding hydrogens is 508 g/mol. The lowest BCUT2D eigenvalue weighted by Gasteiger charge is -2.24. The first-order valence-corrected chi connectivity index (χ1v) is 14.1. The summed E-state index contributed by atoms with van der Waals surface area (Å²) in [5.74, 6) is 0.337. The van der Waals surface area contributed by atoms with Gasteiger partial charge in [0.25, 0.3) is 0 Å². The molecule has 0 aliphatic heterocycles. The second kappa shape index (κ2) is 11.4. The van der Waals surface area contributed by atoms with Crippen molar-refractivity contribution in [2.24, 2.45) is 0 Å². The summed E-state index contributed by atoms with van der Waals surface area (Å²) in [7, 11) is 0. The largest absolute Gasteiger partial charge is 0.508 e. The number of benzene rings is 4. The third-order valence-corrected chi connectivity index (χ3v) is 8.26. The van der Waals surface area contributed by atoms with Gasteiger partial charge >= 0.3 is 0 Å². The van der Waals surface area contributed by atoms with Crippen molar-refractivity contribution in [3.05, 3.63) is 143 Å². The molecule has 4 heteroatoms. The Morgan fingerprint density at radius 3 is 1.37 bits per heavy atom. The zero-order valence-electron chi connectivity index (χ0n) is 22.8. The Balaban J connectivity index is 1.24. The second-order valence-corrected chi connectivity index (χ2v) is 11.2. The van der Waals surface area contributed by atoms with Crippen molar-refractivity contribution in [3.63, 3.8) is 0 Å². The quantitative estimate of drug-likeness (QED) is 0.262. The van der Waals surface area contributed by atoms with E-state index in [2.05, 4.69) is 0 Å². The van der Waals surface area contributed by atoms with Crippen LogP contribution in [0.4, 0.5) is 0 Å². The van der Waals surface area contributed by atoms with E-state index in [0.29, 0.717) is 32.1 Å². The van der Waals surface area contributed by atoms with Gasteiger partial charge in [-0.1, -0.05) is 84.9 Å². The molecule has 0 aromatic heterocycles. The number of aromatic hydroxyl groups is 2. The topological polar surface area (TPSA) is 74.6 Å². The highest BCUT2D eigenvalue weighted by Gasteiger charge is 2.27. The van der Waals surface area contributed by atoms with Crippen LogP contribution in [0, 0.1) is 0 Å². The summed E-state index contributed by atoms with van der Waals surface area (Å²) < 4.78 is 0. The van der Waals surface area contributed by atoms with Gasteiger partial charge < -0.3 is 10.2 Å². The maximum atomic E-state index is 12.7. The first kappa shape index (κ1) is 26.5.